The van der Waals surface area contributed by atoms with E-state index in [4.69, 9.17) is 0 Å². The number of aliphatic hydroxyl groups excluding tert-OH is 2. The first-order valence-electron chi connectivity index (χ1n) is 9.32. The van der Waals surface area contributed by atoms with Gasteiger partial charge in [-0.3, -0.25) is 0 Å². The van der Waals surface area contributed by atoms with E-state index in [0.29, 0.717) is 23.7 Å². The summed E-state index contributed by atoms with van der Waals surface area (Å²) in [5.74, 6) is 2.28. The number of rotatable bonds is 2. The van der Waals surface area contributed by atoms with Crippen LogP contribution in [0.5, 0.6) is 0 Å². The molecular weight excluding hydrogens is 272 g/mol. The standard InChI is InChI=1S/C20H34O2/c1-13(2)14-6-7-16-15(10-14)17(22)11-18-19(3,12-21)8-5-9-20(16,18)4/h10,13-14,16-18,21-22H,5-9,11-12H2,1-4H3. The van der Waals surface area contributed by atoms with Crippen LogP contribution in [0, 0.1) is 34.5 Å². The molecule has 2 nitrogen and oxygen atoms in total. The topological polar surface area (TPSA) is 40.5 Å². The molecule has 6 atom stereocenters. The van der Waals surface area contributed by atoms with Crippen molar-refractivity contribution in [2.24, 2.45) is 34.5 Å². The molecule has 0 spiro atoms. The summed E-state index contributed by atoms with van der Waals surface area (Å²) < 4.78 is 0. The van der Waals surface area contributed by atoms with E-state index in [1.54, 1.807) is 0 Å². The second-order valence-electron chi connectivity index (χ2n) is 9.18. The van der Waals surface area contributed by atoms with E-state index < -0.39 is 0 Å². The fourth-order valence-corrected chi connectivity index (χ4v) is 6.09. The predicted molar refractivity (Wildman–Crippen MR) is 90.4 cm³/mol. The van der Waals surface area contributed by atoms with Gasteiger partial charge in [0.05, 0.1) is 6.10 Å². The van der Waals surface area contributed by atoms with Crippen LogP contribution in [0.2, 0.25) is 0 Å². The van der Waals surface area contributed by atoms with Crippen LogP contribution < -0.4 is 0 Å². The molecule has 2 N–H and O–H groups in total. The maximum atomic E-state index is 10.8. The van der Waals surface area contributed by atoms with Gasteiger partial charge in [-0.2, -0.15) is 0 Å². The van der Waals surface area contributed by atoms with Crippen molar-refractivity contribution in [3.05, 3.63) is 11.6 Å². The average molecular weight is 306 g/mol. The van der Waals surface area contributed by atoms with Gasteiger partial charge in [0.1, 0.15) is 0 Å². The summed E-state index contributed by atoms with van der Waals surface area (Å²) in [5, 5.41) is 20.8. The second-order valence-corrected chi connectivity index (χ2v) is 9.18. The summed E-state index contributed by atoms with van der Waals surface area (Å²) in [7, 11) is 0. The molecule has 22 heavy (non-hydrogen) atoms. The lowest BCUT2D eigenvalue weighted by molar-refractivity contribution is -0.112. The Labute approximate surface area is 136 Å². The maximum Gasteiger partial charge on any atom is 0.0756 e. The Bertz CT molecular complexity index is 455. The van der Waals surface area contributed by atoms with Crippen molar-refractivity contribution in [2.45, 2.75) is 72.3 Å². The van der Waals surface area contributed by atoms with Gasteiger partial charge in [-0.15, -0.1) is 0 Å². The van der Waals surface area contributed by atoms with Gasteiger partial charge in [0.2, 0.25) is 0 Å². The van der Waals surface area contributed by atoms with Crippen LogP contribution in [0.3, 0.4) is 0 Å². The van der Waals surface area contributed by atoms with Crippen LogP contribution in [-0.4, -0.2) is 22.9 Å². The van der Waals surface area contributed by atoms with Gasteiger partial charge >= 0.3 is 0 Å². The first-order valence-corrected chi connectivity index (χ1v) is 9.32. The van der Waals surface area contributed by atoms with Gasteiger partial charge in [0.25, 0.3) is 0 Å². The maximum absolute atomic E-state index is 10.8. The summed E-state index contributed by atoms with van der Waals surface area (Å²) in [6, 6.07) is 0. The highest BCUT2D eigenvalue weighted by Crippen LogP contribution is 2.63. The molecule has 3 aliphatic carbocycles. The van der Waals surface area contributed by atoms with Crippen molar-refractivity contribution >= 4 is 0 Å². The Kier molecular flexibility index (Phi) is 4.23. The predicted octanol–water partition coefficient (Wildman–Crippen LogP) is 4.16. The van der Waals surface area contributed by atoms with E-state index in [1.165, 1.54) is 31.3 Å². The smallest absolute Gasteiger partial charge is 0.0756 e. The molecule has 2 heteroatoms. The summed E-state index contributed by atoms with van der Waals surface area (Å²) in [4.78, 5) is 0. The third kappa shape index (κ3) is 2.38. The lowest BCUT2D eigenvalue weighted by Crippen LogP contribution is -2.55. The zero-order valence-corrected chi connectivity index (χ0v) is 14.8. The highest BCUT2D eigenvalue weighted by atomic mass is 16.3. The molecule has 0 aliphatic heterocycles. The highest BCUT2D eigenvalue weighted by molar-refractivity contribution is 5.26. The molecule has 0 aromatic heterocycles. The normalized spacial score (nSPS) is 48.6. The van der Waals surface area contributed by atoms with E-state index in [1.807, 2.05) is 0 Å². The van der Waals surface area contributed by atoms with Crippen LogP contribution in [0.4, 0.5) is 0 Å². The van der Waals surface area contributed by atoms with Gasteiger partial charge in [0.15, 0.2) is 0 Å². The van der Waals surface area contributed by atoms with Crippen LogP contribution in [-0.2, 0) is 0 Å². The lowest BCUT2D eigenvalue weighted by Gasteiger charge is -2.60. The molecule has 0 amide bonds. The number of aliphatic hydroxyl groups is 2. The number of fused-ring (bicyclic) bond motifs is 3. The summed E-state index contributed by atoms with van der Waals surface area (Å²) >= 11 is 0. The highest BCUT2D eigenvalue weighted by Gasteiger charge is 2.57. The van der Waals surface area contributed by atoms with Crippen molar-refractivity contribution in [1.82, 2.24) is 0 Å². The minimum atomic E-state index is -0.284. The molecule has 0 aromatic carbocycles. The van der Waals surface area contributed by atoms with Gasteiger partial charge in [-0.1, -0.05) is 40.2 Å². The molecule has 2 saturated carbocycles. The molecule has 3 rings (SSSR count). The Hall–Kier alpha value is -0.340. The van der Waals surface area contributed by atoms with Crippen LogP contribution in [0.25, 0.3) is 0 Å². The third-order valence-electron chi connectivity index (χ3n) is 7.56. The average Bonchev–Trinajstić information content (AvgIpc) is 2.49. The summed E-state index contributed by atoms with van der Waals surface area (Å²) in [5.41, 5.74) is 1.60. The molecule has 0 aromatic rings. The molecular formula is C20H34O2. The zero-order chi connectivity index (χ0) is 16.1. The first-order chi connectivity index (χ1) is 10.3. The Morgan fingerprint density at radius 2 is 1.95 bits per heavy atom. The van der Waals surface area contributed by atoms with Crippen molar-refractivity contribution in [3.8, 4) is 0 Å². The minimum absolute atomic E-state index is 0.00555. The molecule has 126 valence electrons. The van der Waals surface area contributed by atoms with E-state index in [-0.39, 0.29) is 23.5 Å². The Balaban J connectivity index is 1.97. The monoisotopic (exact) mass is 306 g/mol. The first kappa shape index (κ1) is 16.5. The Morgan fingerprint density at radius 1 is 1.23 bits per heavy atom. The lowest BCUT2D eigenvalue weighted by atomic mass is 9.45. The van der Waals surface area contributed by atoms with E-state index in [9.17, 15) is 10.2 Å². The van der Waals surface area contributed by atoms with Crippen LogP contribution in [0.15, 0.2) is 11.6 Å². The molecule has 0 radical (unpaired) electrons. The van der Waals surface area contributed by atoms with Crippen molar-refractivity contribution in [2.75, 3.05) is 6.61 Å². The van der Waals surface area contributed by atoms with Crippen LogP contribution in [0.1, 0.15) is 66.2 Å². The van der Waals surface area contributed by atoms with E-state index in [0.717, 1.165) is 12.8 Å². The van der Waals surface area contributed by atoms with Crippen molar-refractivity contribution in [1.29, 1.82) is 0 Å². The van der Waals surface area contributed by atoms with Crippen molar-refractivity contribution in [3.63, 3.8) is 0 Å². The van der Waals surface area contributed by atoms with Gasteiger partial charge in [-0.05, 0) is 72.2 Å². The number of hydrogen-bond acceptors (Lipinski definition) is 2. The third-order valence-corrected chi connectivity index (χ3v) is 7.56. The van der Waals surface area contributed by atoms with Gasteiger partial charge < -0.3 is 10.2 Å². The van der Waals surface area contributed by atoms with Crippen LogP contribution >= 0.6 is 0 Å². The van der Waals surface area contributed by atoms with Gasteiger partial charge in [0, 0.05) is 6.61 Å². The number of allylic oxidation sites excluding steroid dienone is 1. The molecule has 6 unspecified atom stereocenters. The fraction of sp³-hybridized carbons (Fsp3) is 0.900. The minimum Gasteiger partial charge on any atom is -0.396 e. The van der Waals surface area contributed by atoms with Crippen molar-refractivity contribution < 1.29 is 10.2 Å². The SMILES string of the molecule is CC(C)C1C=C2C(O)CC3C(C)(CO)CCCC3(C)C2CC1. The molecule has 2 fully saturated rings. The molecule has 0 bridgehead atoms. The number of hydrogen-bond donors (Lipinski definition) is 2. The Morgan fingerprint density at radius 3 is 2.59 bits per heavy atom. The second kappa shape index (κ2) is 5.63. The quantitative estimate of drug-likeness (QED) is 0.752. The molecule has 0 heterocycles. The summed E-state index contributed by atoms with van der Waals surface area (Å²) in [6.45, 7) is 9.55. The fourth-order valence-electron chi connectivity index (χ4n) is 6.09. The largest absolute Gasteiger partial charge is 0.396 e. The molecule has 0 saturated heterocycles. The van der Waals surface area contributed by atoms with E-state index in [2.05, 4.69) is 33.8 Å². The summed E-state index contributed by atoms with van der Waals surface area (Å²) in [6.07, 6.45) is 9.06. The van der Waals surface area contributed by atoms with Gasteiger partial charge in [-0.25, -0.2) is 0 Å². The molecule has 3 aliphatic rings. The zero-order valence-electron chi connectivity index (χ0n) is 14.8. The van der Waals surface area contributed by atoms with E-state index >= 15 is 0 Å².